The van der Waals surface area contributed by atoms with Crippen LogP contribution in [-0.2, 0) is 22.5 Å². The Bertz CT molecular complexity index is 1100. The fourth-order valence-corrected chi connectivity index (χ4v) is 3.86. The second-order valence-corrected chi connectivity index (χ2v) is 7.47. The van der Waals surface area contributed by atoms with Gasteiger partial charge in [0.05, 0.1) is 6.61 Å². The number of benzene rings is 2. The number of rotatable bonds is 5. The van der Waals surface area contributed by atoms with Gasteiger partial charge in [0.15, 0.2) is 6.10 Å². The lowest BCUT2D eigenvalue weighted by atomic mass is 9.99. The Labute approximate surface area is 175 Å². The van der Waals surface area contributed by atoms with Crippen LogP contribution in [0.1, 0.15) is 41.1 Å². The van der Waals surface area contributed by atoms with E-state index in [1.54, 1.807) is 30.9 Å². The Kier molecular flexibility index (Phi) is 5.48. The topological polar surface area (TPSA) is 69.0 Å². The third-order valence-electron chi connectivity index (χ3n) is 5.48. The third-order valence-corrected chi connectivity index (χ3v) is 5.48. The highest BCUT2D eigenvalue weighted by Gasteiger charge is 2.29. The molecule has 1 amide bonds. The summed E-state index contributed by atoms with van der Waals surface area (Å²) < 4.78 is 16.7. The largest absolute Gasteiger partial charge is 0.494 e. The molecule has 156 valence electrons. The van der Waals surface area contributed by atoms with E-state index in [1.807, 2.05) is 31.2 Å². The maximum absolute atomic E-state index is 12.8. The van der Waals surface area contributed by atoms with E-state index in [2.05, 4.69) is 6.07 Å². The second kappa shape index (κ2) is 8.22. The van der Waals surface area contributed by atoms with E-state index in [-0.39, 0.29) is 11.7 Å². The normalized spacial score (nSPS) is 14.3. The molecule has 0 radical (unpaired) electrons. The van der Waals surface area contributed by atoms with E-state index in [1.165, 1.54) is 5.56 Å². The monoisotopic (exact) mass is 407 g/mol. The van der Waals surface area contributed by atoms with Crippen LogP contribution in [0.25, 0.3) is 11.0 Å². The van der Waals surface area contributed by atoms with Crippen molar-refractivity contribution in [1.29, 1.82) is 0 Å². The zero-order valence-corrected chi connectivity index (χ0v) is 17.4. The van der Waals surface area contributed by atoms with Crippen molar-refractivity contribution in [3.63, 3.8) is 0 Å². The number of carbonyl (C=O) groups excluding carboxylic acids is 2. The van der Waals surface area contributed by atoms with Gasteiger partial charge in [-0.15, -0.1) is 0 Å². The summed E-state index contributed by atoms with van der Waals surface area (Å²) in [5.74, 6) is -0.0183. The summed E-state index contributed by atoms with van der Waals surface area (Å²) in [4.78, 5) is 27.3. The minimum Gasteiger partial charge on any atom is -0.494 e. The summed E-state index contributed by atoms with van der Waals surface area (Å²) in [6.45, 7) is 7.01. The Morgan fingerprint density at radius 3 is 2.70 bits per heavy atom. The van der Waals surface area contributed by atoms with E-state index in [0.29, 0.717) is 36.6 Å². The van der Waals surface area contributed by atoms with Gasteiger partial charge in [-0.2, -0.15) is 0 Å². The Morgan fingerprint density at radius 2 is 1.93 bits per heavy atom. The van der Waals surface area contributed by atoms with Gasteiger partial charge in [0, 0.05) is 24.0 Å². The molecule has 0 saturated heterocycles. The summed E-state index contributed by atoms with van der Waals surface area (Å²) in [5.41, 5.74) is 3.64. The number of hydrogen-bond acceptors (Lipinski definition) is 5. The highest BCUT2D eigenvalue weighted by atomic mass is 16.6. The first kappa shape index (κ1) is 20.0. The van der Waals surface area contributed by atoms with Crippen LogP contribution in [0.4, 0.5) is 0 Å². The molecule has 2 heterocycles. The number of nitrogens with zero attached hydrogens (tertiary/aromatic N) is 1. The van der Waals surface area contributed by atoms with Crippen LogP contribution in [-0.4, -0.2) is 36.0 Å². The van der Waals surface area contributed by atoms with Crippen LogP contribution < -0.4 is 4.74 Å². The van der Waals surface area contributed by atoms with Crippen molar-refractivity contribution >= 4 is 22.8 Å². The molecule has 0 saturated carbocycles. The maximum Gasteiger partial charge on any atom is 0.375 e. The molecule has 0 fully saturated rings. The molecule has 1 aliphatic heterocycles. The Morgan fingerprint density at radius 1 is 1.17 bits per heavy atom. The minimum absolute atomic E-state index is 0.113. The van der Waals surface area contributed by atoms with Gasteiger partial charge >= 0.3 is 5.97 Å². The predicted molar refractivity (Wildman–Crippen MR) is 113 cm³/mol. The van der Waals surface area contributed by atoms with E-state index in [4.69, 9.17) is 13.9 Å². The molecule has 1 aliphatic rings. The summed E-state index contributed by atoms with van der Waals surface area (Å²) in [6, 6.07) is 13.5. The van der Waals surface area contributed by atoms with E-state index in [9.17, 15) is 9.59 Å². The highest BCUT2D eigenvalue weighted by molar-refractivity contribution is 5.97. The van der Waals surface area contributed by atoms with E-state index in [0.717, 1.165) is 17.4 Å². The van der Waals surface area contributed by atoms with Crippen molar-refractivity contribution in [2.75, 3.05) is 13.2 Å². The molecule has 2 aromatic carbocycles. The molecule has 0 N–H and O–H groups in total. The number of ether oxygens (including phenoxy) is 2. The first-order chi connectivity index (χ1) is 14.5. The first-order valence-electron chi connectivity index (χ1n) is 10.2. The summed E-state index contributed by atoms with van der Waals surface area (Å²) >= 11 is 0. The molecule has 0 spiro atoms. The lowest BCUT2D eigenvalue weighted by molar-refractivity contribution is -0.140. The van der Waals surface area contributed by atoms with Crippen LogP contribution in [0.2, 0.25) is 0 Å². The number of amides is 1. The van der Waals surface area contributed by atoms with Crippen LogP contribution in [0.15, 0.2) is 46.9 Å². The van der Waals surface area contributed by atoms with Crippen LogP contribution >= 0.6 is 0 Å². The number of aryl methyl sites for hydroxylation is 1. The zero-order valence-electron chi connectivity index (χ0n) is 17.4. The number of fused-ring (bicyclic) bond motifs is 2. The molecular weight excluding hydrogens is 382 g/mol. The molecule has 0 bridgehead atoms. The van der Waals surface area contributed by atoms with Gasteiger partial charge in [0.2, 0.25) is 5.76 Å². The van der Waals surface area contributed by atoms with Crippen molar-refractivity contribution in [3.8, 4) is 5.75 Å². The van der Waals surface area contributed by atoms with Crippen molar-refractivity contribution in [2.45, 2.75) is 39.8 Å². The Balaban J connectivity index is 1.47. The average Bonchev–Trinajstić information content (AvgIpc) is 3.09. The molecule has 3 aromatic rings. The number of hydrogen-bond donors (Lipinski definition) is 0. The Hall–Kier alpha value is -3.28. The standard InChI is InChI=1S/C24H25NO5/c1-4-28-19-9-10-21-20(13-19)15(2)22(30-21)24(27)29-16(3)23(26)25-12-11-17-7-5-6-8-18(17)14-25/h5-10,13,16H,4,11-12,14H2,1-3H3/t16-/m1/s1. The molecule has 6 heteroatoms. The number of esters is 1. The van der Waals surface area contributed by atoms with Crippen LogP contribution in [0.3, 0.4) is 0 Å². The second-order valence-electron chi connectivity index (χ2n) is 7.47. The first-order valence-corrected chi connectivity index (χ1v) is 10.2. The summed E-state index contributed by atoms with van der Waals surface area (Å²) in [7, 11) is 0. The molecule has 0 unspecified atom stereocenters. The van der Waals surface area contributed by atoms with Gasteiger partial charge < -0.3 is 18.8 Å². The smallest absolute Gasteiger partial charge is 0.375 e. The minimum atomic E-state index is -0.894. The van der Waals surface area contributed by atoms with Gasteiger partial charge in [0.1, 0.15) is 11.3 Å². The quantitative estimate of drug-likeness (QED) is 0.591. The molecule has 1 atom stereocenters. The molecule has 1 aromatic heterocycles. The fraction of sp³-hybridized carbons (Fsp3) is 0.333. The van der Waals surface area contributed by atoms with E-state index < -0.39 is 12.1 Å². The number of carbonyl (C=O) groups is 2. The predicted octanol–water partition coefficient (Wildman–Crippen LogP) is 4.27. The molecule has 30 heavy (non-hydrogen) atoms. The summed E-state index contributed by atoms with van der Waals surface area (Å²) in [6.07, 6.45) is -0.0951. The SMILES string of the molecule is CCOc1ccc2oc(C(=O)O[C@H](C)C(=O)N3CCc4ccccc4C3)c(C)c2c1. The lowest BCUT2D eigenvalue weighted by Gasteiger charge is -2.30. The van der Waals surface area contributed by atoms with Crippen molar-refractivity contribution < 1.29 is 23.5 Å². The van der Waals surface area contributed by atoms with Crippen molar-refractivity contribution in [3.05, 3.63) is 64.9 Å². The highest BCUT2D eigenvalue weighted by Crippen LogP contribution is 2.29. The van der Waals surface area contributed by atoms with Gasteiger partial charge in [-0.05, 0) is 56.5 Å². The lowest BCUT2D eigenvalue weighted by Crippen LogP contribution is -2.42. The van der Waals surface area contributed by atoms with Crippen molar-refractivity contribution in [1.82, 2.24) is 4.90 Å². The number of furan rings is 1. The van der Waals surface area contributed by atoms with Crippen LogP contribution in [0.5, 0.6) is 5.75 Å². The van der Waals surface area contributed by atoms with Crippen molar-refractivity contribution in [2.24, 2.45) is 0 Å². The summed E-state index contributed by atoms with van der Waals surface area (Å²) in [5, 5.41) is 0.791. The molecule has 6 nitrogen and oxygen atoms in total. The third kappa shape index (κ3) is 3.77. The van der Waals surface area contributed by atoms with Gasteiger partial charge in [-0.25, -0.2) is 4.79 Å². The van der Waals surface area contributed by atoms with E-state index >= 15 is 0 Å². The average molecular weight is 407 g/mol. The maximum atomic E-state index is 12.8. The molecular formula is C24H25NO5. The van der Waals surface area contributed by atoms with Crippen LogP contribution in [0, 0.1) is 6.92 Å². The molecule has 4 rings (SSSR count). The van der Waals surface area contributed by atoms with Gasteiger partial charge in [-0.1, -0.05) is 24.3 Å². The van der Waals surface area contributed by atoms with Gasteiger partial charge in [-0.3, -0.25) is 4.79 Å². The van der Waals surface area contributed by atoms with Gasteiger partial charge in [0.25, 0.3) is 5.91 Å². The zero-order chi connectivity index (χ0) is 21.3. The fourth-order valence-electron chi connectivity index (χ4n) is 3.86. The molecule has 0 aliphatic carbocycles.